The van der Waals surface area contributed by atoms with Crippen molar-refractivity contribution in [2.24, 2.45) is 0 Å². The van der Waals surface area contributed by atoms with Crippen LogP contribution in [0.15, 0.2) is 53.4 Å². The molecule has 0 spiro atoms. The molecular formula is C22H23NO3S. The third-order valence-corrected chi connectivity index (χ3v) is 5.21. The van der Waals surface area contributed by atoms with E-state index in [9.17, 15) is 9.59 Å². The van der Waals surface area contributed by atoms with E-state index in [1.807, 2.05) is 58.0 Å². The molecule has 0 aromatic heterocycles. The lowest BCUT2D eigenvalue weighted by Crippen LogP contribution is -2.31. The SMILES string of the molecule is CCOc1cccc(N2C(=O)C(SC(C)C)=C(c3ccc(C)cc3)C2=O)c1. The molecule has 0 N–H and O–H groups in total. The average molecular weight is 381 g/mol. The quantitative estimate of drug-likeness (QED) is 0.673. The van der Waals surface area contributed by atoms with Crippen molar-refractivity contribution in [3.8, 4) is 5.75 Å². The van der Waals surface area contributed by atoms with Gasteiger partial charge in [0.25, 0.3) is 11.8 Å². The molecule has 1 aliphatic rings. The molecule has 2 aromatic carbocycles. The summed E-state index contributed by atoms with van der Waals surface area (Å²) in [6.45, 7) is 8.44. The van der Waals surface area contributed by atoms with Crippen molar-refractivity contribution >= 4 is 34.8 Å². The molecule has 0 fully saturated rings. The minimum Gasteiger partial charge on any atom is -0.494 e. The fourth-order valence-corrected chi connectivity index (χ4v) is 3.93. The van der Waals surface area contributed by atoms with Crippen LogP contribution in [0.1, 0.15) is 31.9 Å². The maximum absolute atomic E-state index is 13.3. The first-order valence-corrected chi connectivity index (χ1v) is 9.90. The summed E-state index contributed by atoms with van der Waals surface area (Å²) in [5.41, 5.74) is 2.88. The number of carbonyl (C=O) groups excluding carboxylic acids is 2. The Hall–Kier alpha value is -2.53. The Morgan fingerprint density at radius 2 is 1.74 bits per heavy atom. The van der Waals surface area contributed by atoms with Crippen molar-refractivity contribution in [1.29, 1.82) is 0 Å². The van der Waals surface area contributed by atoms with Gasteiger partial charge in [-0.15, -0.1) is 11.8 Å². The van der Waals surface area contributed by atoms with Gasteiger partial charge in [-0.05, 0) is 31.5 Å². The zero-order valence-corrected chi connectivity index (χ0v) is 16.8. The van der Waals surface area contributed by atoms with Crippen molar-refractivity contribution in [3.63, 3.8) is 0 Å². The van der Waals surface area contributed by atoms with Gasteiger partial charge in [-0.2, -0.15) is 0 Å². The number of rotatable bonds is 6. The molecule has 0 atom stereocenters. The standard InChI is InChI=1S/C22H23NO3S/c1-5-26-18-8-6-7-17(13-18)23-21(24)19(16-11-9-15(4)10-12-16)20(22(23)25)27-14(2)3/h6-14H,5H2,1-4H3. The summed E-state index contributed by atoms with van der Waals surface area (Å²) in [4.78, 5) is 28.2. The van der Waals surface area contributed by atoms with E-state index in [1.54, 1.807) is 18.2 Å². The molecule has 2 aromatic rings. The highest BCUT2D eigenvalue weighted by Crippen LogP contribution is 2.40. The van der Waals surface area contributed by atoms with Gasteiger partial charge in [-0.25, -0.2) is 4.90 Å². The molecule has 0 aliphatic carbocycles. The number of nitrogens with zero attached hydrogens (tertiary/aromatic N) is 1. The Balaban J connectivity index is 2.06. The monoisotopic (exact) mass is 381 g/mol. The first kappa shape index (κ1) is 19.2. The minimum absolute atomic E-state index is 0.187. The lowest BCUT2D eigenvalue weighted by Gasteiger charge is -2.16. The summed E-state index contributed by atoms with van der Waals surface area (Å²) in [6, 6.07) is 14.8. The van der Waals surface area contributed by atoms with Gasteiger partial charge in [-0.3, -0.25) is 9.59 Å². The van der Waals surface area contributed by atoms with Crippen molar-refractivity contribution in [3.05, 3.63) is 64.6 Å². The Morgan fingerprint density at radius 1 is 1.04 bits per heavy atom. The molecule has 1 aliphatic heterocycles. The molecule has 1 heterocycles. The summed E-state index contributed by atoms with van der Waals surface area (Å²) < 4.78 is 5.52. The number of carbonyl (C=O) groups is 2. The van der Waals surface area contributed by atoms with Crippen LogP contribution in [0.3, 0.4) is 0 Å². The van der Waals surface area contributed by atoms with E-state index in [-0.39, 0.29) is 17.1 Å². The topological polar surface area (TPSA) is 46.6 Å². The Labute approximate surface area is 164 Å². The molecule has 0 saturated carbocycles. The lowest BCUT2D eigenvalue weighted by atomic mass is 10.0. The summed E-state index contributed by atoms with van der Waals surface area (Å²) in [5.74, 6) is 0.0704. The fraction of sp³-hybridized carbons (Fsp3) is 0.273. The second kappa shape index (κ2) is 8.01. The lowest BCUT2D eigenvalue weighted by molar-refractivity contribution is -0.119. The Bertz CT molecular complexity index is 900. The number of amides is 2. The van der Waals surface area contributed by atoms with Crippen LogP contribution < -0.4 is 9.64 Å². The van der Waals surface area contributed by atoms with E-state index in [1.165, 1.54) is 16.7 Å². The number of aryl methyl sites for hydroxylation is 1. The van der Waals surface area contributed by atoms with E-state index in [0.717, 1.165) is 11.1 Å². The zero-order chi connectivity index (χ0) is 19.6. The Kier molecular flexibility index (Phi) is 5.71. The molecule has 140 valence electrons. The van der Waals surface area contributed by atoms with E-state index in [0.29, 0.717) is 28.5 Å². The predicted molar refractivity (Wildman–Crippen MR) is 111 cm³/mol. The molecule has 5 heteroatoms. The fourth-order valence-electron chi connectivity index (χ4n) is 2.94. The van der Waals surface area contributed by atoms with Gasteiger partial charge < -0.3 is 4.74 Å². The van der Waals surface area contributed by atoms with Gasteiger partial charge in [0.2, 0.25) is 0 Å². The largest absolute Gasteiger partial charge is 0.494 e. The minimum atomic E-state index is -0.291. The van der Waals surface area contributed by atoms with E-state index < -0.39 is 0 Å². The molecule has 0 unspecified atom stereocenters. The maximum atomic E-state index is 13.3. The van der Waals surface area contributed by atoms with Gasteiger partial charge >= 0.3 is 0 Å². The summed E-state index contributed by atoms with van der Waals surface area (Å²) in [7, 11) is 0. The normalized spacial score (nSPS) is 14.5. The number of benzene rings is 2. The highest BCUT2D eigenvalue weighted by molar-refractivity contribution is 8.04. The van der Waals surface area contributed by atoms with Crippen LogP contribution in [0.2, 0.25) is 0 Å². The second-order valence-corrected chi connectivity index (χ2v) is 8.20. The van der Waals surface area contributed by atoms with Crippen LogP contribution in [0.4, 0.5) is 5.69 Å². The second-order valence-electron chi connectivity index (χ2n) is 6.61. The first-order valence-electron chi connectivity index (χ1n) is 9.02. The molecule has 0 bridgehead atoms. The summed E-state index contributed by atoms with van der Waals surface area (Å²) >= 11 is 1.43. The van der Waals surface area contributed by atoms with E-state index in [2.05, 4.69) is 0 Å². The number of hydrogen-bond acceptors (Lipinski definition) is 4. The molecule has 0 saturated heterocycles. The number of hydrogen-bond donors (Lipinski definition) is 0. The Morgan fingerprint density at radius 3 is 2.37 bits per heavy atom. The predicted octanol–water partition coefficient (Wildman–Crippen LogP) is 4.82. The smallest absolute Gasteiger partial charge is 0.272 e. The molecular weight excluding hydrogens is 358 g/mol. The van der Waals surface area contributed by atoms with Crippen LogP contribution >= 0.6 is 11.8 Å². The van der Waals surface area contributed by atoms with Gasteiger partial charge in [0, 0.05) is 11.3 Å². The van der Waals surface area contributed by atoms with Crippen molar-refractivity contribution in [1.82, 2.24) is 0 Å². The van der Waals surface area contributed by atoms with Gasteiger partial charge in [0.1, 0.15) is 5.75 Å². The van der Waals surface area contributed by atoms with Crippen molar-refractivity contribution in [2.75, 3.05) is 11.5 Å². The third-order valence-electron chi connectivity index (χ3n) is 4.12. The van der Waals surface area contributed by atoms with Gasteiger partial charge in [-0.1, -0.05) is 49.7 Å². The molecule has 27 heavy (non-hydrogen) atoms. The van der Waals surface area contributed by atoms with Crippen LogP contribution in [0, 0.1) is 6.92 Å². The van der Waals surface area contributed by atoms with Crippen LogP contribution in [0.5, 0.6) is 5.75 Å². The average Bonchev–Trinajstić information content (AvgIpc) is 2.86. The zero-order valence-electron chi connectivity index (χ0n) is 16.0. The van der Waals surface area contributed by atoms with Crippen LogP contribution in [-0.2, 0) is 9.59 Å². The van der Waals surface area contributed by atoms with Crippen LogP contribution in [0.25, 0.3) is 5.57 Å². The highest BCUT2D eigenvalue weighted by Gasteiger charge is 2.40. The number of imide groups is 1. The molecule has 3 rings (SSSR count). The molecule has 2 amide bonds. The molecule has 0 radical (unpaired) electrons. The van der Waals surface area contributed by atoms with Crippen molar-refractivity contribution in [2.45, 2.75) is 32.9 Å². The van der Waals surface area contributed by atoms with Gasteiger partial charge in [0.05, 0.1) is 22.8 Å². The summed E-state index contributed by atoms with van der Waals surface area (Å²) in [5, 5.41) is 0.187. The number of ether oxygens (including phenoxy) is 1. The maximum Gasteiger partial charge on any atom is 0.272 e. The van der Waals surface area contributed by atoms with Gasteiger partial charge in [0.15, 0.2) is 0 Å². The van der Waals surface area contributed by atoms with E-state index >= 15 is 0 Å². The number of thioether (sulfide) groups is 1. The first-order chi connectivity index (χ1) is 12.9. The number of anilines is 1. The van der Waals surface area contributed by atoms with E-state index in [4.69, 9.17) is 4.74 Å². The van der Waals surface area contributed by atoms with Crippen LogP contribution in [-0.4, -0.2) is 23.7 Å². The summed E-state index contributed by atoms with van der Waals surface area (Å²) in [6.07, 6.45) is 0. The highest BCUT2D eigenvalue weighted by atomic mass is 32.2. The molecule has 4 nitrogen and oxygen atoms in total. The third kappa shape index (κ3) is 3.93. The van der Waals surface area contributed by atoms with Crippen molar-refractivity contribution < 1.29 is 14.3 Å².